The quantitative estimate of drug-likeness (QED) is 0.693. The standard InChI is InChI=1S/C17H13Cl2NOS/c18-11-2-5-13(6-3-11)20-9-1-8-17(20)15-7-4-12(19)10-14(15)16(21)22-17/h2-7,10H,1,8-9H2. The molecule has 0 amide bonds. The molecule has 1 unspecified atom stereocenters. The average molecular weight is 350 g/mol. The van der Waals surface area contributed by atoms with Gasteiger partial charge in [-0.3, -0.25) is 4.79 Å². The van der Waals surface area contributed by atoms with Crippen LogP contribution < -0.4 is 4.90 Å². The maximum Gasteiger partial charge on any atom is 0.222 e. The molecular formula is C17H13Cl2NOS. The predicted octanol–water partition coefficient (Wildman–Crippen LogP) is 5.33. The Morgan fingerprint density at radius 2 is 1.77 bits per heavy atom. The molecule has 5 heteroatoms. The molecule has 1 spiro atoms. The molecule has 2 aromatic rings. The molecule has 1 saturated heterocycles. The Balaban J connectivity index is 1.84. The lowest BCUT2D eigenvalue weighted by Gasteiger charge is -2.36. The number of anilines is 1. The number of nitrogens with zero attached hydrogens (tertiary/aromatic N) is 1. The number of carbonyl (C=O) groups is 1. The molecule has 4 rings (SSSR count). The van der Waals surface area contributed by atoms with Crippen molar-refractivity contribution >= 4 is 45.8 Å². The summed E-state index contributed by atoms with van der Waals surface area (Å²) in [6.07, 6.45) is 2.02. The van der Waals surface area contributed by atoms with E-state index in [1.54, 1.807) is 6.07 Å². The zero-order valence-corrected chi connectivity index (χ0v) is 14.0. The van der Waals surface area contributed by atoms with Crippen molar-refractivity contribution in [3.63, 3.8) is 0 Å². The van der Waals surface area contributed by atoms with Crippen LogP contribution in [-0.2, 0) is 4.87 Å². The lowest BCUT2D eigenvalue weighted by molar-refractivity contribution is 0.109. The second-order valence-corrected chi connectivity index (χ2v) is 7.72. The van der Waals surface area contributed by atoms with E-state index >= 15 is 0 Å². The van der Waals surface area contributed by atoms with Gasteiger partial charge in [0.05, 0.1) is 0 Å². The van der Waals surface area contributed by atoms with Crippen LogP contribution in [0.1, 0.15) is 28.8 Å². The first-order valence-corrected chi connectivity index (χ1v) is 8.74. The molecule has 112 valence electrons. The van der Waals surface area contributed by atoms with E-state index in [2.05, 4.69) is 4.90 Å². The van der Waals surface area contributed by atoms with Crippen molar-refractivity contribution in [2.45, 2.75) is 17.7 Å². The lowest BCUT2D eigenvalue weighted by Crippen LogP contribution is -2.37. The molecule has 1 fully saturated rings. The molecule has 2 heterocycles. The minimum absolute atomic E-state index is 0.110. The van der Waals surface area contributed by atoms with Gasteiger partial charge in [0.2, 0.25) is 5.12 Å². The van der Waals surface area contributed by atoms with Gasteiger partial charge in [0.1, 0.15) is 4.87 Å². The largest absolute Gasteiger partial charge is 0.352 e. The third kappa shape index (κ3) is 2.07. The van der Waals surface area contributed by atoms with E-state index < -0.39 is 0 Å². The fourth-order valence-corrected chi connectivity index (χ4v) is 5.15. The highest BCUT2D eigenvalue weighted by Gasteiger charge is 2.51. The van der Waals surface area contributed by atoms with Crippen molar-refractivity contribution in [1.29, 1.82) is 0 Å². The van der Waals surface area contributed by atoms with Crippen molar-refractivity contribution in [3.8, 4) is 0 Å². The van der Waals surface area contributed by atoms with Crippen LogP contribution in [-0.4, -0.2) is 11.7 Å². The molecule has 2 aliphatic rings. The first kappa shape index (κ1) is 14.4. The van der Waals surface area contributed by atoms with Gasteiger partial charge in [0, 0.05) is 33.4 Å². The van der Waals surface area contributed by atoms with Gasteiger partial charge >= 0.3 is 0 Å². The van der Waals surface area contributed by atoms with E-state index in [4.69, 9.17) is 23.2 Å². The van der Waals surface area contributed by atoms with E-state index in [0.717, 1.165) is 41.2 Å². The van der Waals surface area contributed by atoms with Crippen LogP contribution in [0.15, 0.2) is 42.5 Å². The number of thioether (sulfide) groups is 1. The molecule has 0 aromatic heterocycles. The van der Waals surface area contributed by atoms with Crippen molar-refractivity contribution in [3.05, 3.63) is 63.6 Å². The summed E-state index contributed by atoms with van der Waals surface area (Å²) < 4.78 is 0. The monoisotopic (exact) mass is 349 g/mol. The summed E-state index contributed by atoms with van der Waals surface area (Å²) in [7, 11) is 0. The van der Waals surface area contributed by atoms with Crippen LogP contribution in [0.5, 0.6) is 0 Å². The minimum atomic E-state index is -0.301. The van der Waals surface area contributed by atoms with Crippen LogP contribution in [0.3, 0.4) is 0 Å². The number of halogens is 2. The van der Waals surface area contributed by atoms with E-state index in [1.165, 1.54) is 11.8 Å². The summed E-state index contributed by atoms with van der Waals surface area (Å²) in [5.41, 5.74) is 2.93. The molecule has 1 atom stereocenters. The maximum absolute atomic E-state index is 12.5. The number of hydrogen-bond acceptors (Lipinski definition) is 3. The first-order chi connectivity index (χ1) is 10.6. The van der Waals surface area contributed by atoms with Gasteiger partial charge < -0.3 is 4.90 Å². The molecule has 2 aromatic carbocycles. The molecule has 0 saturated carbocycles. The Hall–Kier alpha value is -1.16. The van der Waals surface area contributed by atoms with E-state index in [0.29, 0.717) is 5.02 Å². The van der Waals surface area contributed by atoms with Gasteiger partial charge in [-0.25, -0.2) is 0 Å². The molecule has 0 aliphatic carbocycles. The third-order valence-corrected chi connectivity index (χ3v) is 6.23. The van der Waals surface area contributed by atoms with Gasteiger partial charge in [-0.1, -0.05) is 29.3 Å². The second-order valence-electron chi connectivity index (χ2n) is 5.60. The average Bonchev–Trinajstić information content (AvgIpc) is 3.03. The number of carbonyl (C=O) groups excluding carboxylic acids is 1. The zero-order valence-electron chi connectivity index (χ0n) is 11.7. The third-order valence-electron chi connectivity index (χ3n) is 4.36. The number of benzene rings is 2. The lowest BCUT2D eigenvalue weighted by atomic mass is 9.98. The minimum Gasteiger partial charge on any atom is -0.352 e. The molecular weight excluding hydrogens is 337 g/mol. The fraction of sp³-hybridized carbons (Fsp3) is 0.235. The Morgan fingerprint density at radius 1 is 1.05 bits per heavy atom. The molecule has 0 bridgehead atoms. The van der Waals surface area contributed by atoms with Gasteiger partial charge in [0.15, 0.2) is 0 Å². The van der Waals surface area contributed by atoms with Crippen LogP contribution >= 0.6 is 35.0 Å². The molecule has 22 heavy (non-hydrogen) atoms. The predicted molar refractivity (Wildman–Crippen MR) is 93.1 cm³/mol. The Kier molecular flexibility index (Phi) is 3.40. The highest BCUT2D eigenvalue weighted by molar-refractivity contribution is 8.15. The number of hydrogen-bond donors (Lipinski definition) is 0. The summed E-state index contributed by atoms with van der Waals surface area (Å²) in [4.78, 5) is 14.5. The summed E-state index contributed by atoms with van der Waals surface area (Å²) >= 11 is 13.5. The highest BCUT2D eigenvalue weighted by atomic mass is 35.5. The topological polar surface area (TPSA) is 20.3 Å². The van der Waals surface area contributed by atoms with Crippen molar-refractivity contribution in [1.82, 2.24) is 0 Å². The number of fused-ring (bicyclic) bond motifs is 2. The molecule has 2 nitrogen and oxygen atoms in total. The summed E-state index contributed by atoms with van der Waals surface area (Å²) in [5.74, 6) is 0. The fourth-order valence-electron chi connectivity index (χ4n) is 3.43. The smallest absolute Gasteiger partial charge is 0.222 e. The Bertz CT molecular complexity index is 762. The summed E-state index contributed by atoms with van der Waals surface area (Å²) in [5, 5.41) is 1.44. The van der Waals surface area contributed by atoms with E-state index in [1.807, 2.05) is 36.4 Å². The molecule has 0 N–H and O–H groups in total. The van der Waals surface area contributed by atoms with Crippen molar-refractivity contribution < 1.29 is 4.79 Å². The van der Waals surface area contributed by atoms with Gasteiger partial charge in [-0.05, 0) is 61.0 Å². The maximum atomic E-state index is 12.5. The number of rotatable bonds is 1. The zero-order chi connectivity index (χ0) is 15.3. The summed E-state index contributed by atoms with van der Waals surface area (Å²) in [6.45, 7) is 0.935. The Labute approximate surface area is 143 Å². The van der Waals surface area contributed by atoms with Gasteiger partial charge in [-0.2, -0.15) is 0 Å². The van der Waals surface area contributed by atoms with Gasteiger partial charge in [-0.15, -0.1) is 0 Å². The van der Waals surface area contributed by atoms with Crippen LogP contribution in [0.2, 0.25) is 10.0 Å². The van der Waals surface area contributed by atoms with Crippen LogP contribution in [0, 0.1) is 0 Å². The SMILES string of the molecule is O=C1SC2(CCCN2c2ccc(Cl)cc2)c2ccc(Cl)cc21. The Morgan fingerprint density at radius 3 is 2.55 bits per heavy atom. The van der Waals surface area contributed by atoms with Crippen molar-refractivity contribution in [2.24, 2.45) is 0 Å². The normalized spacial score (nSPS) is 23.4. The second kappa shape index (κ2) is 5.19. The van der Waals surface area contributed by atoms with E-state index in [-0.39, 0.29) is 9.99 Å². The van der Waals surface area contributed by atoms with Crippen LogP contribution in [0.4, 0.5) is 5.69 Å². The molecule has 2 aliphatic heterocycles. The highest BCUT2D eigenvalue weighted by Crippen LogP contribution is 2.56. The first-order valence-electron chi connectivity index (χ1n) is 7.17. The van der Waals surface area contributed by atoms with E-state index in [9.17, 15) is 4.79 Å². The van der Waals surface area contributed by atoms with Crippen LogP contribution in [0.25, 0.3) is 0 Å². The molecule has 0 radical (unpaired) electrons. The van der Waals surface area contributed by atoms with Crippen molar-refractivity contribution in [2.75, 3.05) is 11.4 Å². The van der Waals surface area contributed by atoms with Gasteiger partial charge in [0.25, 0.3) is 0 Å². The summed E-state index contributed by atoms with van der Waals surface area (Å²) in [6, 6.07) is 13.5.